The highest BCUT2D eigenvalue weighted by Gasteiger charge is 2.29. The third-order valence-electron chi connectivity index (χ3n) is 6.25. The lowest BCUT2D eigenvalue weighted by Gasteiger charge is -2.38. The number of nitrogens with zero attached hydrogens (tertiary/aromatic N) is 4. The first-order valence-electron chi connectivity index (χ1n) is 11.3. The molecule has 7 nitrogen and oxygen atoms in total. The number of fused-ring (bicyclic) bond motifs is 1. The van der Waals surface area contributed by atoms with E-state index in [0.717, 1.165) is 38.2 Å². The lowest BCUT2D eigenvalue weighted by Crippen LogP contribution is -2.51. The molecule has 34 heavy (non-hydrogen) atoms. The van der Waals surface area contributed by atoms with E-state index in [1.807, 2.05) is 6.07 Å². The van der Waals surface area contributed by atoms with E-state index in [4.69, 9.17) is 32.7 Å². The van der Waals surface area contributed by atoms with Gasteiger partial charge in [0.1, 0.15) is 29.0 Å². The normalized spacial score (nSPS) is 20.1. The second kappa shape index (κ2) is 10.1. The quantitative estimate of drug-likeness (QED) is 0.519. The molecule has 0 saturated carbocycles. The number of pyridine rings is 1. The Balaban J connectivity index is 1.13. The number of piperidine rings is 1. The fourth-order valence-electron chi connectivity index (χ4n) is 4.48. The Morgan fingerprint density at radius 1 is 1.12 bits per heavy atom. The summed E-state index contributed by atoms with van der Waals surface area (Å²) in [6.07, 6.45) is 4.74. The summed E-state index contributed by atoms with van der Waals surface area (Å²) in [7, 11) is 0. The summed E-state index contributed by atoms with van der Waals surface area (Å²) in [4.78, 5) is 21.5. The van der Waals surface area contributed by atoms with Gasteiger partial charge < -0.3 is 23.7 Å². The number of rotatable bonds is 5. The Kier molecular flexibility index (Phi) is 6.92. The zero-order valence-corrected chi connectivity index (χ0v) is 20.0. The average Bonchev–Trinajstić information content (AvgIpc) is 3.26. The predicted octanol–water partition coefficient (Wildman–Crippen LogP) is 4.16. The molecule has 2 saturated heterocycles. The lowest BCUT2D eigenvalue weighted by atomic mass is 10.1. The van der Waals surface area contributed by atoms with E-state index in [9.17, 15) is 9.18 Å². The third-order valence-corrected chi connectivity index (χ3v) is 6.99. The Bertz CT molecular complexity index is 1180. The standard InChI is InChI=1S/C24H25Cl2FN4O3/c25-20-3-2-18(11-21(20)26)34-17-5-7-29(8-6-17)13-19-14-30(9-10-33-19)24(32)22-15-31-12-16(27)1-4-23(31)28-22/h1-4,11-12,15,17,19H,5-10,13-14H2. The molecular weight excluding hydrogens is 482 g/mol. The Labute approximate surface area is 207 Å². The molecule has 1 unspecified atom stereocenters. The highest BCUT2D eigenvalue weighted by atomic mass is 35.5. The second-order valence-corrected chi connectivity index (χ2v) is 9.49. The van der Waals surface area contributed by atoms with Crippen molar-refractivity contribution in [1.82, 2.24) is 19.2 Å². The molecule has 0 spiro atoms. The number of hydrogen-bond acceptors (Lipinski definition) is 5. The molecule has 4 heterocycles. The minimum absolute atomic E-state index is 0.0697. The lowest BCUT2D eigenvalue weighted by molar-refractivity contribution is -0.0415. The SMILES string of the molecule is O=C(c1cn2cc(F)ccc2n1)N1CCOC(CN2CCC(Oc3ccc(Cl)c(Cl)c3)CC2)C1. The second-order valence-electron chi connectivity index (χ2n) is 8.68. The van der Waals surface area contributed by atoms with E-state index in [-0.39, 0.29) is 23.9 Å². The molecule has 0 radical (unpaired) electrons. The van der Waals surface area contributed by atoms with Gasteiger partial charge in [-0.1, -0.05) is 23.2 Å². The molecule has 1 amide bonds. The number of halogens is 3. The van der Waals surface area contributed by atoms with E-state index < -0.39 is 0 Å². The number of carbonyl (C=O) groups excluding carboxylic acids is 1. The summed E-state index contributed by atoms with van der Waals surface area (Å²) < 4.78 is 27.0. The van der Waals surface area contributed by atoms with Crippen molar-refractivity contribution in [2.24, 2.45) is 0 Å². The van der Waals surface area contributed by atoms with Gasteiger partial charge in [-0.15, -0.1) is 0 Å². The van der Waals surface area contributed by atoms with Crippen molar-refractivity contribution in [3.8, 4) is 5.75 Å². The molecule has 0 bridgehead atoms. The molecule has 3 aromatic rings. The molecule has 1 atom stereocenters. The number of amides is 1. The molecular formula is C24H25Cl2FN4O3. The zero-order valence-electron chi connectivity index (χ0n) is 18.5. The maximum atomic E-state index is 13.5. The van der Waals surface area contributed by atoms with E-state index in [1.54, 1.807) is 29.3 Å². The molecule has 10 heteroatoms. The van der Waals surface area contributed by atoms with E-state index in [1.165, 1.54) is 16.7 Å². The van der Waals surface area contributed by atoms with Gasteiger partial charge >= 0.3 is 0 Å². The first-order valence-corrected chi connectivity index (χ1v) is 12.1. The van der Waals surface area contributed by atoms with Crippen LogP contribution < -0.4 is 4.74 Å². The van der Waals surface area contributed by atoms with Gasteiger partial charge in [0.25, 0.3) is 5.91 Å². The molecule has 2 aromatic heterocycles. The number of morpholine rings is 1. The molecule has 5 rings (SSSR count). The van der Waals surface area contributed by atoms with Crippen LogP contribution in [0.25, 0.3) is 5.65 Å². The minimum Gasteiger partial charge on any atom is -0.490 e. The summed E-state index contributed by atoms with van der Waals surface area (Å²) >= 11 is 12.1. The number of carbonyl (C=O) groups is 1. The number of ether oxygens (including phenoxy) is 2. The molecule has 1 aromatic carbocycles. The number of benzene rings is 1. The Hall–Kier alpha value is -2.39. The maximum absolute atomic E-state index is 13.5. The first-order chi connectivity index (χ1) is 16.4. The minimum atomic E-state index is -0.374. The monoisotopic (exact) mass is 506 g/mol. The zero-order chi connectivity index (χ0) is 23.7. The van der Waals surface area contributed by atoms with Crippen molar-refractivity contribution >= 4 is 34.8 Å². The number of imidazole rings is 1. The van der Waals surface area contributed by atoms with Crippen molar-refractivity contribution in [3.05, 3.63) is 64.3 Å². The van der Waals surface area contributed by atoms with E-state index in [2.05, 4.69) is 9.88 Å². The molecule has 2 fully saturated rings. The molecule has 0 N–H and O–H groups in total. The topological polar surface area (TPSA) is 59.3 Å². The summed E-state index contributed by atoms with van der Waals surface area (Å²) in [5.74, 6) is 0.194. The van der Waals surface area contributed by atoms with Crippen molar-refractivity contribution < 1.29 is 18.7 Å². The van der Waals surface area contributed by atoms with Gasteiger partial charge in [-0.3, -0.25) is 4.79 Å². The largest absolute Gasteiger partial charge is 0.490 e. The van der Waals surface area contributed by atoms with Crippen LogP contribution in [0.15, 0.2) is 42.7 Å². The third kappa shape index (κ3) is 5.30. The van der Waals surface area contributed by atoms with Crippen molar-refractivity contribution in [2.75, 3.05) is 39.3 Å². The molecule has 2 aliphatic heterocycles. The van der Waals surface area contributed by atoms with Gasteiger partial charge in [0.2, 0.25) is 0 Å². The van der Waals surface area contributed by atoms with Crippen molar-refractivity contribution in [1.29, 1.82) is 0 Å². The highest BCUT2D eigenvalue weighted by Crippen LogP contribution is 2.28. The van der Waals surface area contributed by atoms with Crippen LogP contribution in [-0.2, 0) is 4.74 Å². The fourth-order valence-corrected chi connectivity index (χ4v) is 4.77. The number of likely N-dealkylation sites (tertiary alicyclic amines) is 1. The van der Waals surface area contributed by atoms with Gasteiger partial charge in [-0.25, -0.2) is 9.37 Å². The van der Waals surface area contributed by atoms with Crippen LogP contribution in [0.4, 0.5) is 4.39 Å². The predicted molar refractivity (Wildman–Crippen MR) is 127 cm³/mol. The van der Waals surface area contributed by atoms with Crippen LogP contribution in [0.5, 0.6) is 5.75 Å². The number of hydrogen-bond donors (Lipinski definition) is 0. The van der Waals surface area contributed by atoms with Gasteiger partial charge in [0.05, 0.1) is 22.8 Å². The van der Waals surface area contributed by atoms with Crippen LogP contribution in [0.1, 0.15) is 23.3 Å². The van der Waals surface area contributed by atoms with Gasteiger partial charge in [-0.05, 0) is 37.1 Å². The van der Waals surface area contributed by atoms with Crippen LogP contribution in [-0.4, -0.2) is 76.6 Å². The van der Waals surface area contributed by atoms with Gasteiger partial charge in [0, 0.05) is 51.2 Å². The average molecular weight is 507 g/mol. The molecule has 2 aliphatic rings. The highest BCUT2D eigenvalue weighted by molar-refractivity contribution is 6.42. The van der Waals surface area contributed by atoms with E-state index in [0.29, 0.717) is 41.1 Å². The summed E-state index contributed by atoms with van der Waals surface area (Å²) in [5.41, 5.74) is 0.854. The molecule has 0 aliphatic carbocycles. The smallest absolute Gasteiger partial charge is 0.274 e. The van der Waals surface area contributed by atoms with Crippen molar-refractivity contribution in [3.63, 3.8) is 0 Å². The summed E-state index contributed by atoms with van der Waals surface area (Å²) in [6, 6.07) is 8.22. The van der Waals surface area contributed by atoms with Crippen LogP contribution in [0.2, 0.25) is 10.0 Å². The fraction of sp³-hybridized carbons (Fsp3) is 0.417. The Morgan fingerprint density at radius 2 is 1.94 bits per heavy atom. The summed E-state index contributed by atoms with van der Waals surface area (Å²) in [6.45, 7) is 4.02. The van der Waals surface area contributed by atoms with Gasteiger partial charge in [0.15, 0.2) is 0 Å². The van der Waals surface area contributed by atoms with Crippen LogP contribution in [0, 0.1) is 5.82 Å². The Morgan fingerprint density at radius 3 is 2.74 bits per heavy atom. The van der Waals surface area contributed by atoms with Gasteiger partial charge in [-0.2, -0.15) is 0 Å². The van der Waals surface area contributed by atoms with Crippen molar-refractivity contribution in [2.45, 2.75) is 25.0 Å². The van der Waals surface area contributed by atoms with E-state index >= 15 is 0 Å². The first kappa shape index (κ1) is 23.4. The van der Waals surface area contributed by atoms with Crippen LogP contribution >= 0.6 is 23.2 Å². The van der Waals surface area contributed by atoms with Crippen LogP contribution in [0.3, 0.4) is 0 Å². The number of aromatic nitrogens is 2. The summed E-state index contributed by atoms with van der Waals surface area (Å²) in [5, 5.41) is 1.000. The molecule has 180 valence electrons. The maximum Gasteiger partial charge on any atom is 0.274 e.